The molecule has 1 heterocycles. The average molecular weight is 226 g/mol. The Balaban J connectivity index is 2.48. The fourth-order valence-electron chi connectivity index (χ4n) is 1.69. The van der Waals surface area contributed by atoms with E-state index in [1.807, 2.05) is 13.0 Å². The molecule has 0 fully saturated rings. The number of aromatic nitrogens is 1. The third-order valence-electron chi connectivity index (χ3n) is 2.30. The van der Waals surface area contributed by atoms with E-state index in [0.717, 1.165) is 37.7 Å². The second-order valence-corrected chi connectivity index (χ2v) is 4.55. The molecule has 0 saturated heterocycles. The minimum atomic E-state index is 0.643. The zero-order valence-electron chi connectivity index (χ0n) is 10.7. The topological polar surface area (TPSA) is 38.5 Å². The molecule has 1 rings (SSSR count). The Kier molecular flexibility index (Phi) is 5.49. The van der Waals surface area contributed by atoms with Gasteiger partial charge in [0.05, 0.1) is 12.3 Å². The molecule has 1 aromatic rings. The standard InChI is InChI=1S/C12H22N2O2/c1-10(2)8-14(5-6-15-4)9-12-7-11(3)16-13-12/h7,10H,5-6,8-9H2,1-4H3. The predicted octanol–water partition coefficient (Wildman–Crippen LogP) is 2.09. The van der Waals surface area contributed by atoms with Crippen molar-refractivity contribution in [3.05, 3.63) is 17.5 Å². The molecule has 0 radical (unpaired) electrons. The Morgan fingerprint density at radius 3 is 2.75 bits per heavy atom. The number of methoxy groups -OCH3 is 1. The van der Waals surface area contributed by atoms with Gasteiger partial charge in [-0.25, -0.2) is 0 Å². The molecule has 0 amide bonds. The maximum Gasteiger partial charge on any atom is 0.133 e. The summed E-state index contributed by atoms with van der Waals surface area (Å²) in [6.07, 6.45) is 0. The number of hydrogen-bond donors (Lipinski definition) is 0. The SMILES string of the molecule is COCCN(Cc1cc(C)on1)CC(C)C. The Labute approximate surface area is 97.6 Å². The van der Waals surface area contributed by atoms with Crippen molar-refractivity contribution >= 4 is 0 Å². The smallest absolute Gasteiger partial charge is 0.133 e. The molecule has 92 valence electrons. The number of ether oxygens (including phenoxy) is 1. The summed E-state index contributed by atoms with van der Waals surface area (Å²) < 4.78 is 10.2. The van der Waals surface area contributed by atoms with Crippen molar-refractivity contribution in [3.8, 4) is 0 Å². The van der Waals surface area contributed by atoms with Crippen LogP contribution in [-0.4, -0.2) is 36.9 Å². The third-order valence-corrected chi connectivity index (χ3v) is 2.30. The van der Waals surface area contributed by atoms with Crippen molar-refractivity contribution in [3.63, 3.8) is 0 Å². The van der Waals surface area contributed by atoms with E-state index in [0.29, 0.717) is 5.92 Å². The first-order chi connectivity index (χ1) is 7.61. The quantitative estimate of drug-likeness (QED) is 0.713. The summed E-state index contributed by atoms with van der Waals surface area (Å²) in [7, 11) is 1.73. The normalized spacial score (nSPS) is 11.6. The Hall–Kier alpha value is -0.870. The van der Waals surface area contributed by atoms with E-state index in [2.05, 4.69) is 23.9 Å². The molecule has 16 heavy (non-hydrogen) atoms. The first kappa shape index (κ1) is 13.2. The molecule has 0 atom stereocenters. The van der Waals surface area contributed by atoms with Gasteiger partial charge >= 0.3 is 0 Å². The van der Waals surface area contributed by atoms with Crippen LogP contribution in [0.25, 0.3) is 0 Å². The fourth-order valence-corrected chi connectivity index (χ4v) is 1.69. The molecule has 4 nitrogen and oxygen atoms in total. The van der Waals surface area contributed by atoms with Crippen LogP contribution in [0.2, 0.25) is 0 Å². The van der Waals surface area contributed by atoms with E-state index in [1.165, 1.54) is 0 Å². The highest BCUT2D eigenvalue weighted by atomic mass is 16.5. The lowest BCUT2D eigenvalue weighted by Gasteiger charge is -2.22. The summed E-state index contributed by atoms with van der Waals surface area (Å²) in [6, 6.07) is 1.99. The zero-order chi connectivity index (χ0) is 12.0. The lowest BCUT2D eigenvalue weighted by Crippen LogP contribution is -2.30. The molecule has 4 heteroatoms. The molecular weight excluding hydrogens is 204 g/mol. The summed E-state index contributed by atoms with van der Waals surface area (Å²) >= 11 is 0. The first-order valence-electron chi connectivity index (χ1n) is 5.75. The van der Waals surface area contributed by atoms with Gasteiger partial charge in [0.15, 0.2) is 0 Å². The van der Waals surface area contributed by atoms with Gasteiger partial charge in [0.25, 0.3) is 0 Å². The zero-order valence-corrected chi connectivity index (χ0v) is 10.7. The maximum atomic E-state index is 5.11. The summed E-state index contributed by atoms with van der Waals surface area (Å²) in [5, 5.41) is 4.01. The molecule has 0 aliphatic heterocycles. The van der Waals surface area contributed by atoms with Gasteiger partial charge in [-0.1, -0.05) is 19.0 Å². The molecule has 1 aromatic heterocycles. The highest BCUT2D eigenvalue weighted by Crippen LogP contribution is 2.07. The van der Waals surface area contributed by atoms with E-state index in [9.17, 15) is 0 Å². The Morgan fingerprint density at radius 2 is 2.25 bits per heavy atom. The van der Waals surface area contributed by atoms with Crippen molar-refractivity contribution in [2.45, 2.75) is 27.3 Å². The van der Waals surface area contributed by atoms with Crippen molar-refractivity contribution in [1.29, 1.82) is 0 Å². The molecule has 0 aliphatic carbocycles. The molecule has 0 aromatic carbocycles. The number of nitrogens with zero attached hydrogens (tertiary/aromatic N) is 2. The number of aryl methyl sites for hydroxylation is 1. The fraction of sp³-hybridized carbons (Fsp3) is 0.750. The molecule has 0 saturated carbocycles. The van der Waals surface area contributed by atoms with Gasteiger partial charge in [-0.05, 0) is 12.8 Å². The Morgan fingerprint density at radius 1 is 1.50 bits per heavy atom. The van der Waals surface area contributed by atoms with Gasteiger partial charge in [-0.2, -0.15) is 0 Å². The van der Waals surface area contributed by atoms with Crippen molar-refractivity contribution < 1.29 is 9.26 Å². The predicted molar refractivity (Wildman–Crippen MR) is 63.2 cm³/mol. The van der Waals surface area contributed by atoms with E-state index in [-0.39, 0.29) is 0 Å². The maximum absolute atomic E-state index is 5.11. The molecule has 0 N–H and O–H groups in total. The van der Waals surface area contributed by atoms with Crippen LogP contribution in [0.5, 0.6) is 0 Å². The average Bonchev–Trinajstić information content (AvgIpc) is 2.59. The van der Waals surface area contributed by atoms with Crippen molar-refractivity contribution in [2.75, 3.05) is 26.8 Å². The third kappa shape index (κ3) is 4.77. The molecule has 0 bridgehead atoms. The van der Waals surface area contributed by atoms with Gasteiger partial charge < -0.3 is 9.26 Å². The van der Waals surface area contributed by atoms with E-state index in [4.69, 9.17) is 9.26 Å². The second kappa shape index (κ2) is 6.66. The van der Waals surface area contributed by atoms with E-state index >= 15 is 0 Å². The van der Waals surface area contributed by atoms with Crippen LogP contribution < -0.4 is 0 Å². The summed E-state index contributed by atoms with van der Waals surface area (Å²) in [4.78, 5) is 2.34. The van der Waals surface area contributed by atoms with Gasteiger partial charge in [0.1, 0.15) is 5.76 Å². The van der Waals surface area contributed by atoms with Gasteiger partial charge in [-0.3, -0.25) is 4.90 Å². The highest BCUT2D eigenvalue weighted by molar-refractivity contribution is 5.03. The minimum Gasteiger partial charge on any atom is -0.383 e. The monoisotopic (exact) mass is 226 g/mol. The van der Waals surface area contributed by atoms with Crippen LogP contribution in [0.1, 0.15) is 25.3 Å². The largest absolute Gasteiger partial charge is 0.383 e. The number of hydrogen-bond acceptors (Lipinski definition) is 4. The summed E-state index contributed by atoms with van der Waals surface area (Å²) in [5.41, 5.74) is 0.995. The Bertz CT molecular complexity index is 297. The van der Waals surface area contributed by atoms with Crippen LogP contribution in [0.15, 0.2) is 10.6 Å². The summed E-state index contributed by atoms with van der Waals surface area (Å²) in [6.45, 7) is 9.92. The molecule has 0 spiro atoms. The van der Waals surface area contributed by atoms with Gasteiger partial charge in [0.2, 0.25) is 0 Å². The molecular formula is C12H22N2O2. The second-order valence-electron chi connectivity index (χ2n) is 4.55. The first-order valence-corrected chi connectivity index (χ1v) is 5.75. The molecule has 0 unspecified atom stereocenters. The van der Waals surface area contributed by atoms with Crippen LogP contribution in [0.4, 0.5) is 0 Å². The van der Waals surface area contributed by atoms with Crippen LogP contribution in [-0.2, 0) is 11.3 Å². The van der Waals surface area contributed by atoms with E-state index in [1.54, 1.807) is 7.11 Å². The number of rotatable bonds is 7. The van der Waals surface area contributed by atoms with E-state index < -0.39 is 0 Å². The van der Waals surface area contributed by atoms with Crippen molar-refractivity contribution in [1.82, 2.24) is 10.1 Å². The van der Waals surface area contributed by atoms with Crippen LogP contribution in [0.3, 0.4) is 0 Å². The minimum absolute atomic E-state index is 0.643. The lowest BCUT2D eigenvalue weighted by atomic mass is 10.2. The van der Waals surface area contributed by atoms with Crippen molar-refractivity contribution in [2.24, 2.45) is 5.92 Å². The van der Waals surface area contributed by atoms with Crippen LogP contribution in [0, 0.1) is 12.8 Å². The van der Waals surface area contributed by atoms with Gasteiger partial charge in [0, 0.05) is 32.8 Å². The lowest BCUT2D eigenvalue weighted by molar-refractivity contribution is 0.134. The summed E-state index contributed by atoms with van der Waals surface area (Å²) in [5.74, 6) is 1.51. The van der Waals surface area contributed by atoms with Gasteiger partial charge in [-0.15, -0.1) is 0 Å². The highest BCUT2D eigenvalue weighted by Gasteiger charge is 2.10. The van der Waals surface area contributed by atoms with Crippen LogP contribution >= 0.6 is 0 Å². The molecule has 0 aliphatic rings.